The topological polar surface area (TPSA) is 50.3 Å². The van der Waals surface area contributed by atoms with Crippen molar-refractivity contribution in [2.75, 3.05) is 32.7 Å². The number of benzene rings is 2. The lowest BCUT2D eigenvalue weighted by Crippen LogP contribution is -2.57. The number of aliphatic carboxylic acids is 1. The third-order valence-corrected chi connectivity index (χ3v) is 7.74. The van der Waals surface area contributed by atoms with E-state index in [1.165, 1.54) is 17.2 Å². The summed E-state index contributed by atoms with van der Waals surface area (Å²) in [6.45, 7) is 12.4. The lowest BCUT2D eigenvalue weighted by Gasteiger charge is -2.46. The predicted octanol–water partition coefficient (Wildman–Crippen LogP) is 5.19. The average Bonchev–Trinajstić information content (AvgIpc) is 2.90. The smallest absolute Gasteiger partial charge is 0.335 e. The van der Waals surface area contributed by atoms with Crippen LogP contribution in [0.4, 0.5) is 4.39 Å². The van der Waals surface area contributed by atoms with Gasteiger partial charge in [0.05, 0.1) is 5.57 Å². The molecule has 0 amide bonds. The number of carboxylic acids is 1. The Balaban J connectivity index is 1.36. The van der Waals surface area contributed by atoms with Gasteiger partial charge in [-0.25, -0.2) is 9.18 Å². The van der Waals surface area contributed by atoms with Crippen LogP contribution in [0, 0.1) is 5.82 Å². The van der Waals surface area contributed by atoms with E-state index in [4.69, 9.17) is 11.6 Å². The molecule has 204 valence electrons. The van der Waals surface area contributed by atoms with Gasteiger partial charge in [-0.3, -0.25) is 14.7 Å². The van der Waals surface area contributed by atoms with Crippen LogP contribution in [0.15, 0.2) is 66.4 Å². The fourth-order valence-electron chi connectivity index (χ4n) is 5.29. The maximum Gasteiger partial charge on any atom is 0.335 e. The minimum absolute atomic E-state index is 0.206. The highest BCUT2D eigenvalue weighted by Crippen LogP contribution is 2.25. The van der Waals surface area contributed by atoms with Gasteiger partial charge in [0, 0.05) is 68.6 Å². The van der Waals surface area contributed by atoms with Crippen molar-refractivity contribution in [2.45, 2.75) is 52.6 Å². The van der Waals surface area contributed by atoms with Gasteiger partial charge in [-0.1, -0.05) is 48.9 Å². The van der Waals surface area contributed by atoms with E-state index in [-0.39, 0.29) is 18.0 Å². The maximum absolute atomic E-state index is 14.3. The number of hydrogen-bond acceptors (Lipinski definition) is 5. The van der Waals surface area contributed by atoms with Crippen molar-refractivity contribution in [2.24, 2.45) is 0 Å². The van der Waals surface area contributed by atoms with E-state index in [2.05, 4.69) is 64.6 Å². The van der Waals surface area contributed by atoms with Gasteiger partial charge in [0.2, 0.25) is 0 Å². The molecule has 2 aromatic rings. The molecule has 1 atom stereocenters. The third kappa shape index (κ3) is 6.83. The number of carbonyl (C=O) groups is 1. The second-order valence-electron chi connectivity index (χ2n) is 10.3. The Morgan fingerprint density at radius 2 is 1.82 bits per heavy atom. The summed E-state index contributed by atoms with van der Waals surface area (Å²) >= 11 is 6.26. The molecule has 2 heterocycles. The highest BCUT2D eigenvalue weighted by molar-refractivity contribution is 6.31. The van der Waals surface area contributed by atoms with Crippen molar-refractivity contribution in [3.8, 4) is 0 Å². The molecule has 1 N–H and O–H groups in total. The number of carboxylic acid groups (broad SMARTS) is 1. The molecule has 0 radical (unpaired) electrons. The number of nitrogens with zero attached hydrogens (tertiary/aromatic N) is 4. The van der Waals surface area contributed by atoms with Crippen LogP contribution in [0.1, 0.15) is 37.5 Å². The standard InChI is InChI=1S/C30H38ClFN4O2/c1-4-33(21-26-27(31)11-6-12-28(26)32)19-23-8-5-9-24(18-23)20-34-14-16-35(17-15-34)29-25(30(37)38)10-7-13-36(29)22(2)3/h5-13,18,22,29H,4,14-17,19-21H2,1-3H3,(H,37,38). The summed E-state index contributed by atoms with van der Waals surface area (Å²) in [6.07, 6.45) is 5.31. The van der Waals surface area contributed by atoms with Crippen molar-refractivity contribution in [1.29, 1.82) is 0 Å². The number of hydrogen-bond donors (Lipinski definition) is 1. The first-order valence-electron chi connectivity index (χ1n) is 13.4. The van der Waals surface area contributed by atoms with E-state index >= 15 is 0 Å². The Morgan fingerprint density at radius 3 is 2.47 bits per heavy atom. The van der Waals surface area contributed by atoms with Crippen molar-refractivity contribution >= 4 is 17.6 Å². The van der Waals surface area contributed by atoms with Crippen molar-refractivity contribution in [3.63, 3.8) is 0 Å². The van der Waals surface area contributed by atoms with Gasteiger partial charge >= 0.3 is 5.97 Å². The Kier molecular flexibility index (Phi) is 9.60. The first-order chi connectivity index (χ1) is 18.3. The van der Waals surface area contributed by atoms with Crippen LogP contribution in [0.25, 0.3) is 0 Å². The molecule has 38 heavy (non-hydrogen) atoms. The number of rotatable bonds is 10. The van der Waals surface area contributed by atoms with Gasteiger partial charge < -0.3 is 10.0 Å². The monoisotopic (exact) mass is 540 g/mol. The van der Waals surface area contributed by atoms with Crippen LogP contribution < -0.4 is 0 Å². The molecular formula is C30H38ClFN4O2. The Hall–Kier alpha value is -2.71. The first kappa shape index (κ1) is 28.3. The van der Waals surface area contributed by atoms with Crippen LogP contribution in [0.5, 0.6) is 0 Å². The second-order valence-corrected chi connectivity index (χ2v) is 10.7. The summed E-state index contributed by atoms with van der Waals surface area (Å²) in [5, 5.41) is 10.3. The van der Waals surface area contributed by atoms with Crippen LogP contribution in [-0.2, 0) is 24.4 Å². The Morgan fingerprint density at radius 1 is 1.11 bits per heavy atom. The highest BCUT2D eigenvalue weighted by atomic mass is 35.5. The van der Waals surface area contributed by atoms with E-state index in [1.54, 1.807) is 18.2 Å². The van der Waals surface area contributed by atoms with Gasteiger partial charge in [-0.2, -0.15) is 0 Å². The predicted molar refractivity (Wildman–Crippen MR) is 150 cm³/mol. The molecule has 0 bridgehead atoms. The largest absolute Gasteiger partial charge is 0.478 e. The van der Waals surface area contributed by atoms with Gasteiger partial charge in [0.15, 0.2) is 0 Å². The molecule has 2 aliphatic heterocycles. The zero-order chi connectivity index (χ0) is 27.2. The zero-order valence-corrected chi connectivity index (χ0v) is 23.2. The van der Waals surface area contributed by atoms with Gasteiger partial charge in [0.1, 0.15) is 12.0 Å². The summed E-state index contributed by atoms with van der Waals surface area (Å²) in [5.74, 6) is -1.13. The van der Waals surface area contributed by atoms with E-state index in [0.717, 1.165) is 39.3 Å². The van der Waals surface area contributed by atoms with Gasteiger partial charge in [0.25, 0.3) is 0 Å². The van der Waals surface area contributed by atoms with Gasteiger partial charge in [-0.05, 0) is 55.8 Å². The van der Waals surface area contributed by atoms with Crippen molar-refractivity contribution in [1.82, 2.24) is 19.6 Å². The SMILES string of the molecule is CCN(Cc1cccc(CN2CCN(C3C(C(=O)O)=CC=CN3C(C)C)CC2)c1)Cc1c(F)cccc1Cl. The second kappa shape index (κ2) is 12.9. The lowest BCUT2D eigenvalue weighted by atomic mass is 10.0. The summed E-state index contributed by atoms with van der Waals surface area (Å²) in [5.41, 5.74) is 3.40. The minimum Gasteiger partial charge on any atom is -0.478 e. The maximum atomic E-state index is 14.3. The normalized spacial score (nSPS) is 18.9. The molecule has 4 rings (SSSR count). The molecule has 0 aromatic heterocycles. The van der Waals surface area contributed by atoms with E-state index < -0.39 is 5.97 Å². The van der Waals surface area contributed by atoms with Crippen LogP contribution >= 0.6 is 11.6 Å². The van der Waals surface area contributed by atoms with Crippen LogP contribution in [0.3, 0.4) is 0 Å². The van der Waals surface area contributed by atoms with Crippen molar-refractivity contribution < 1.29 is 14.3 Å². The minimum atomic E-state index is -0.859. The van der Waals surface area contributed by atoms with E-state index in [9.17, 15) is 14.3 Å². The number of halogens is 2. The Bertz CT molecular complexity index is 1160. The molecule has 6 nitrogen and oxygen atoms in total. The molecule has 1 fully saturated rings. The summed E-state index contributed by atoms with van der Waals surface area (Å²) in [7, 11) is 0. The lowest BCUT2D eigenvalue weighted by molar-refractivity contribution is -0.134. The quantitative estimate of drug-likeness (QED) is 0.447. The molecule has 1 saturated heterocycles. The number of allylic oxidation sites excluding steroid dienone is 2. The molecule has 2 aromatic carbocycles. The fraction of sp³-hybridized carbons (Fsp3) is 0.433. The summed E-state index contributed by atoms with van der Waals surface area (Å²) in [4.78, 5) is 21.0. The molecule has 1 unspecified atom stereocenters. The average molecular weight is 541 g/mol. The van der Waals surface area contributed by atoms with Crippen molar-refractivity contribution in [3.05, 3.63) is 93.9 Å². The van der Waals surface area contributed by atoms with E-state index in [0.29, 0.717) is 29.2 Å². The summed E-state index contributed by atoms with van der Waals surface area (Å²) < 4.78 is 14.3. The van der Waals surface area contributed by atoms with E-state index in [1.807, 2.05) is 12.3 Å². The number of piperazine rings is 1. The van der Waals surface area contributed by atoms with Crippen LogP contribution in [-0.4, -0.2) is 75.6 Å². The third-order valence-electron chi connectivity index (χ3n) is 7.38. The fourth-order valence-corrected chi connectivity index (χ4v) is 5.51. The Labute approximate surface area is 230 Å². The molecule has 0 spiro atoms. The van der Waals surface area contributed by atoms with Crippen LogP contribution in [0.2, 0.25) is 5.02 Å². The molecular weight excluding hydrogens is 503 g/mol. The van der Waals surface area contributed by atoms with Gasteiger partial charge in [-0.15, -0.1) is 0 Å². The molecule has 0 saturated carbocycles. The molecule has 8 heteroatoms. The first-order valence-corrected chi connectivity index (χ1v) is 13.7. The highest BCUT2D eigenvalue weighted by Gasteiger charge is 2.35. The molecule has 2 aliphatic rings. The molecule has 0 aliphatic carbocycles. The zero-order valence-electron chi connectivity index (χ0n) is 22.5. The summed E-state index contributed by atoms with van der Waals surface area (Å²) in [6, 6.07) is 13.6.